The third kappa shape index (κ3) is 5.54. The van der Waals surface area contributed by atoms with Gasteiger partial charge in [-0.25, -0.2) is 0 Å². The first-order valence-electron chi connectivity index (χ1n) is 13.4. The number of H-pyrrole nitrogens is 1. The van der Waals surface area contributed by atoms with Gasteiger partial charge in [0.2, 0.25) is 0 Å². The first-order valence-corrected chi connectivity index (χ1v) is 13.4. The summed E-state index contributed by atoms with van der Waals surface area (Å²) in [4.78, 5) is 15.5. The van der Waals surface area contributed by atoms with Crippen LogP contribution in [0.25, 0.3) is 33.1 Å². The van der Waals surface area contributed by atoms with E-state index in [2.05, 4.69) is 54.4 Å². The van der Waals surface area contributed by atoms with Crippen LogP contribution in [0.5, 0.6) is 11.5 Å². The Morgan fingerprint density at radius 1 is 0.895 bits per heavy atom. The number of rotatable bonds is 12. The van der Waals surface area contributed by atoms with Gasteiger partial charge in [0.25, 0.3) is 0 Å². The third-order valence-electron chi connectivity index (χ3n) is 6.63. The predicted octanol–water partition coefficient (Wildman–Crippen LogP) is 7.15. The SMILES string of the molecule is CCCc1c(OCCCOc2cccc3c2ccn3CC(=O)OCC)ccc2cc(-c3ccccc3)[nH]c12. The molecule has 0 radical (unpaired) electrons. The molecule has 38 heavy (non-hydrogen) atoms. The van der Waals surface area contributed by atoms with Gasteiger partial charge in [-0.1, -0.05) is 49.7 Å². The van der Waals surface area contributed by atoms with Gasteiger partial charge in [0.1, 0.15) is 18.0 Å². The quantitative estimate of drug-likeness (QED) is 0.143. The van der Waals surface area contributed by atoms with E-state index in [4.69, 9.17) is 14.2 Å². The molecule has 0 saturated carbocycles. The Morgan fingerprint density at radius 2 is 1.71 bits per heavy atom. The lowest BCUT2D eigenvalue weighted by Crippen LogP contribution is -2.12. The minimum Gasteiger partial charge on any atom is -0.493 e. The van der Waals surface area contributed by atoms with Gasteiger partial charge in [0.15, 0.2) is 0 Å². The van der Waals surface area contributed by atoms with Gasteiger partial charge in [0.05, 0.1) is 30.9 Å². The number of aromatic amines is 1. The molecule has 0 unspecified atom stereocenters. The van der Waals surface area contributed by atoms with Crippen LogP contribution in [0.4, 0.5) is 0 Å². The first kappa shape index (κ1) is 25.5. The van der Waals surface area contributed by atoms with Gasteiger partial charge in [-0.15, -0.1) is 0 Å². The molecule has 5 rings (SSSR count). The molecule has 0 atom stereocenters. The lowest BCUT2D eigenvalue weighted by molar-refractivity contribution is -0.143. The van der Waals surface area contributed by atoms with Crippen LogP contribution in [0.15, 0.2) is 79.0 Å². The Bertz CT molecular complexity index is 1520. The Hall–Kier alpha value is -4.19. The zero-order chi connectivity index (χ0) is 26.3. The van der Waals surface area contributed by atoms with Gasteiger partial charge < -0.3 is 23.8 Å². The number of aryl methyl sites for hydroxylation is 1. The van der Waals surface area contributed by atoms with Gasteiger partial charge >= 0.3 is 5.97 Å². The lowest BCUT2D eigenvalue weighted by atomic mass is 10.1. The van der Waals surface area contributed by atoms with E-state index >= 15 is 0 Å². The van der Waals surface area contributed by atoms with Crippen molar-refractivity contribution in [2.75, 3.05) is 19.8 Å². The zero-order valence-corrected chi connectivity index (χ0v) is 22.0. The summed E-state index contributed by atoms with van der Waals surface area (Å²) in [6.07, 6.45) is 4.64. The highest BCUT2D eigenvalue weighted by Gasteiger charge is 2.13. The average Bonchev–Trinajstić information content (AvgIpc) is 3.55. The summed E-state index contributed by atoms with van der Waals surface area (Å²) in [5, 5.41) is 2.18. The molecule has 3 aromatic carbocycles. The number of esters is 1. The van der Waals surface area contributed by atoms with Gasteiger partial charge in [-0.05, 0) is 55.3 Å². The lowest BCUT2D eigenvalue weighted by Gasteiger charge is -2.13. The second kappa shape index (κ2) is 11.9. The monoisotopic (exact) mass is 510 g/mol. The van der Waals surface area contributed by atoms with Crippen molar-refractivity contribution in [3.8, 4) is 22.8 Å². The molecular weight excluding hydrogens is 476 g/mol. The summed E-state index contributed by atoms with van der Waals surface area (Å²) in [7, 11) is 0. The molecule has 0 aliphatic heterocycles. The topological polar surface area (TPSA) is 65.5 Å². The molecular formula is C32H34N2O4. The number of hydrogen-bond acceptors (Lipinski definition) is 4. The average molecular weight is 511 g/mol. The van der Waals surface area contributed by atoms with E-state index in [0.717, 1.165) is 52.9 Å². The highest BCUT2D eigenvalue weighted by molar-refractivity contribution is 5.90. The fourth-order valence-electron chi connectivity index (χ4n) is 4.88. The van der Waals surface area contributed by atoms with Crippen LogP contribution in [0, 0.1) is 0 Å². The van der Waals surface area contributed by atoms with Crippen LogP contribution in [-0.2, 0) is 22.5 Å². The van der Waals surface area contributed by atoms with E-state index in [0.29, 0.717) is 19.8 Å². The number of nitrogens with one attached hydrogen (secondary N) is 1. The molecule has 0 saturated heterocycles. The van der Waals surface area contributed by atoms with E-state index in [9.17, 15) is 4.79 Å². The number of nitrogens with zero attached hydrogens (tertiary/aromatic N) is 1. The standard InChI is InChI=1S/C32H34N2O4/c1-3-10-26-30(16-15-24-21-27(33-32(24)26)23-11-6-5-7-12-23)38-20-9-19-37-29-14-8-13-28-25(29)17-18-34(28)22-31(35)36-4-2/h5-8,11-18,21,33H,3-4,9-10,19-20,22H2,1-2H3. The molecule has 0 bridgehead atoms. The van der Waals surface area contributed by atoms with Gasteiger partial charge in [-0.3, -0.25) is 4.79 Å². The third-order valence-corrected chi connectivity index (χ3v) is 6.63. The van der Waals surface area contributed by atoms with Crippen LogP contribution in [0.2, 0.25) is 0 Å². The van der Waals surface area contributed by atoms with Crippen molar-refractivity contribution in [1.82, 2.24) is 9.55 Å². The summed E-state index contributed by atoms with van der Waals surface area (Å²) in [6.45, 7) is 5.67. The molecule has 2 aromatic heterocycles. The van der Waals surface area contributed by atoms with Crippen molar-refractivity contribution in [2.45, 2.75) is 39.7 Å². The Balaban J connectivity index is 1.22. The predicted molar refractivity (Wildman–Crippen MR) is 152 cm³/mol. The maximum absolute atomic E-state index is 11.9. The number of aromatic nitrogens is 2. The maximum Gasteiger partial charge on any atom is 0.325 e. The number of fused-ring (bicyclic) bond motifs is 2. The van der Waals surface area contributed by atoms with Crippen LogP contribution >= 0.6 is 0 Å². The van der Waals surface area contributed by atoms with Crippen LogP contribution in [0.3, 0.4) is 0 Å². The Labute approximate surface area is 223 Å². The molecule has 0 aliphatic carbocycles. The zero-order valence-electron chi connectivity index (χ0n) is 22.0. The molecule has 1 N–H and O–H groups in total. The molecule has 5 aromatic rings. The second-order valence-electron chi connectivity index (χ2n) is 9.29. The molecule has 0 fully saturated rings. The van der Waals surface area contributed by atoms with Gasteiger partial charge in [0, 0.05) is 34.6 Å². The van der Waals surface area contributed by atoms with E-state index in [1.165, 1.54) is 16.5 Å². The molecule has 2 heterocycles. The van der Waals surface area contributed by atoms with Crippen molar-refractivity contribution in [2.24, 2.45) is 0 Å². The normalized spacial score (nSPS) is 11.2. The molecule has 0 aliphatic rings. The van der Waals surface area contributed by atoms with Crippen molar-refractivity contribution in [3.05, 3.63) is 84.6 Å². The molecule has 196 valence electrons. The van der Waals surface area contributed by atoms with E-state index in [1.54, 1.807) is 0 Å². The minimum atomic E-state index is -0.246. The largest absolute Gasteiger partial charge is 0.493 e. The fourth-order valence-corrected chi connectivity index (χ4v) is 4.88. The van der Waals surface area contributed by atoms with Crippen LogP contribution in [-0.4, -0.2) is 35.3 Å². The first-order chi connectivity index (χ1) is 18.7. The van der Waals surface area contributed by atoms with Crippen molar-refractivity contribution < 1.29 is 19.0 Å². The minimum absolute atomic E-state index is 0.187. The summed E-state index contributed by atoms with van der Waals surface area (Å²) >= 11 is 0. The highest BCUT2D eigenvalue weighted by atomic mass is 16.5. The molecule has 6 nitrogen and oxygen atoms in total. The summed E-state index contributed by atoms with van der Waals surface area (Å²) in [5.41, 5.74) is 5.62. The number of carbonyl (C=O) groups is 1. The van der Waals surface area contributed by atoms with E-state index in [-0.39, 0.29) is 12.5 Å². The number of ether oxygens (including phenoxy) is 3. The fraction of sp³-hybridized carbons (Fsp3) is 0.281. The Morgan fingerprint density at radius 3 is 2.50 bits per heavy atom. The maximum atomic E-state index is 11.9. The van der Waals surface area contributed by atoms with Crippen LogP contribution in [0.1, 0.15) is 32.3 Å². The van der Waals surface area contributed by atoms with Crippen molar-refractivity contribution in [3.63, 3.8) is 0 Å². The van der Waals surface area contributed by atoms with Gasteiger partial charge in [-0.2, -0.15) is 0 Å². The molecule has 0 amide bonds. The summed E-state index contributed by atoms with van der Waals surface area (Å²) in [6, 6.07) is 24.7. The molecule has 0 spiro atoms. The van der Waals surface area contributed by atoms with Crippen molar-refractivity contribution in [1.29, 1.82) is 0 Å². The summed E-state index contributed by atoms with van der Waals surface area (Å²) < 4.78 is 19.3. The van der Waals surface area contributed by atoms with E-state index in [1.807, 2.05) is 48.0 Å². The number of carbonyl (C=O) groups excluding carboxylic acids is 1. The summed E-state index contributed by atoms with van der Waals surface area (Å²) in [5.74, 6) is 1.49. The molecule has 6 heteroatoms. The second-order valence-corrected chi connectivity index (χ2v) is 9.29. The van der Waals surface area contributed by atoms with Crippen molar-refractivity contribution >= 4 is 27.8 Å². The Kier molecular flexibility index (Phi) is 7.98. The number of hydrogen-bond donors (Lipinski definition) is 1. The van der Waals surface area contributed by atoms with E-state index < -0.39 is 0 Å². The highest BCUT2D eigenvalue weighted by Crippen LogP contribution is 2.33. The van der Waals surface area contributed by atoms with Crippen LogP contribution < -0.4 is 9.47 Å². The smallest absolute Gasteiger partial charge is 0.325 e. The number of benzene rings is 3.